The summed E-state index contributed by atoms with van der Waals surface area (Å²) in [6.45, 7) is 2.11. The zero-order valence-corrected chi connectivity index (χ0v) is 10.7. The Bertz CT molecular complexity index is 205. The van der Waals surface area contributed by atoms with E-state index in [-0.39, 0.29) is 12.8 Å². The Morgan fingerprint density at radius 2 is 2.07 bits per heavy atom. The lowest BCUT2D eigenvalue weighted by Gasteiger charge is -2.31. The molecule has 0 aromatic carbocycles. The Hall–Kier alpha value is 0.300. The van der Waals surface area contributed by atoms with Crippen LogP contribution in [-0.4, -0.2) is 15.5 Å². The van der Waals surface area contributed by atoms with Gasteiger partial charge in [0.05, 0.1) is 0 Å². The molecule has 0 aromatic heterocycles. The van der Waals surface area contributed by atoms with E-state index >= 15 is 0 Å². The van der Waals surface area contributed by atoms with Crippen LogP contribution in [0, 0.1) is 5.92 Å². The van der Waals surface area contributed by atoms with Crippen molar-refractivity contribution in [2.75, 3.05) is 0 Å². The fourth-order valence-corrected chi connectivity index (χ4v) is 2.77. The zero-order valence-electron chi connectivity index (χ0n) is 9.11. The van der Waals surface area contributed by atoms with Crippen LogP contribution in [0.25, 0.3) is 0 Å². The minimum absolute atomic E-state index is 0.200. The van der Waals surface area contributed by atoms with Gasteiger partial charge in [0.25, 0.3) is 0 Å². The summed E-state index contributed by atoms with van der Waals surface area (Å²) in [4.78, 5) is -3.15. The van der Waals surface area contributed by atoms with E-state index in [0.717, 1.165) is 19.3 Å². The summed E-state index contributed by atoms with van der Waals surface area (Å²) in [6.07, 6.45) is 4.96. The van der Waals surface area contributed by atoms with Gasteiger partial charge in [0.1, 0.15) is 5.60 Å². The molecular formula is C11H19BrF2O. The highest BCUT2D eigenvalue weighted by Crippen LogP contribution is 2.44. The van der Waals surface area contributed by atoms with E-state index in [1.54, 1.807) is 0 Å². The molecule has 4 heteroatoms. The van der Waals surface area contributed by atoms with Gasteiger partial charge < -0.3 is 5.11 Å². The van der Waals surface area contributed by atoms with Crippen molar-refractivity contribution in [1.82, 2.24) is 0 Å². The quantitative estimate of drug-likeness (QED) is 0.611. The van der Waals surface area contributed by atoms with E-state index in [1.807, 2.05) is 0 Å². The van der Waals surface area contributed by atoms with Crippen LogP contribution in [0.3, 0.4) is 0 Å². The summed E-state index contributed by atoms with van der Waals surface area (Å²) in [5.74, 6) is 0.513. The molecule has 2 unspecified atom stereocenters. The van der Waals surface area contributed by atoms with Crippen molar-refractivity contribution in [2.24, 2.45) is 5.92 Å². The first kappa shape index (κ1) is 13.4. The number of aliphatic hydroxyl groups is 1. The minimum Gasteiger partial charge on any atom is -0.383 e. The van der Waals surface area contributed by atoms with Gasteiger partial charge in [0, 0.05) is 0 Å². The van der Waals surface area contributed by atoms with E-state index in [9.17, 15) is 13.9 Å². The monoisotopic (exact) mass is 284 g/mol. The van der Waals surface area contributed by atoms with E-state index in [2.05, 4.69) is 22.9 Å². The van der Waals surface area contributed by atoms with Gasteiger partial charge in [0.15, 0.2) is 0 Å². The SMILES string of the molecule is CCCC1CCCC(O)(C(F)(F)Br)CC1. The van der Waals surface area contributed by atoms with Gasteiger partial charge >= 0.3 is 4.83 Å². The van der Waals surface area contributed by atoms with Crippen LogP contribution >= 0.6 is 15.9 Å². The molecular weight excluding hydrogens is 266 g/mol. The molecule has 0 radical (unpaired) electrons. The number of alkyl halides is 3. The Morgan fingerprint density at radius 1 is 1.40 bits per heavy atom. The molecule has 1 nitrogen and oxygen atoms in total. The van der Waals surface area contributed by atoms with Gasteiger partial charge in [-0.3, -0.25) is 0 Å². The van der Waals surface area contributed by atoms with Gasteiger partial charge in [-0.25, -0.2) is 0 Å². The van der Waals surface area contributed by atoms with Crippen molar-refractivity contribution in [3.05, 3.63) is 0 Å². The Labute approximate surface area is 98.4 Å². The lowest BCUT2D eigenvalue weighted by Crippen LogP contribution is -2.43. The third-order valence-corrected chi connectivity index (χ3v) is 4.13. The first-order valence-electron chi connectivity index (χ1n) is 5.68. The Morgan fingerprint density at radius 3 is 2.60 bits per heavy atom. The third kappa shape index (κ3) is 3.38. The molecule has 1 fully saturated rings. The Balaban J connectivity index is 2.59. The van der Waals surface area contributed by atoms with Crippen molar-refractivity contribution >= 4 is 15.9 Å². The molecule has 0 bridgehead atoms. The maximum Gasteiger partial charge on any atom is 0.329 e. The molecule has 0 amide bonds. The summed E-state index contributed by atoms with van der Waals surface area (Å²) in [7, 11) is 0. The van der Waals surface area contributed by atoms with Crippen LogP contribution in [0.4, 0.5) is 8.78 Å². The molecule has 0 spiro atoms. The van der Waals surface area contributed by atoms with Gasteiger partial charge in [-0.2, -0.15) is 8.78 Å². The molecule has 2 atom stereocenters. The second kappa shape index (κ2) is 5.09. The standard InChI is InChI=1S/C11H19BrF2O/c1-2-4-9-5-3-7-10(15,8-6-9)11(12,13)14/h9,15H,2-8H2,1H3. The molecule has 90 valence electrons. The fourth-order valence-electron chi connectivity index (χ4n) is 2.38. The highest BCUT2D eigenvalue weighted by molar-refractivity contribution is 9.10. The predicted molar refractivity (Wildman–Crippen MR) is 60.3 cm³/mol. The van der Waals surface area contributed by atoms with Crippen LogP contribution in [0.15, 0.2) is 0 Å². The topological polar surface area (TPSA) is 20.2 Å². The molecule has 1 rings (SSSR count). The largest absolute Gasteiger partial charge is 0.383 e. The van der Waals surface area contributed by atoms with Crippen molar-refractivity contribution in [3.63, 3.8) is 0 Å². The Kier molecular flexibility index (Phi) is 4.53. The number of rotatable bonds is 3. The molecule has 1 saturated carbocycles. The number of hydrogen-bond acceptors (Lipinski definition) is 1. The predicted octanol–water partition coefficient (Wildman–Crippen LogP) is 4.09. The average molecular weight is 285 g/mol. The smallest absolute Gasteiger partial charge is 0.329 e. The van der Waals surface area contributed by atoms with E-state index < -0.39 is 10.4 Å². The van der Waals surface area contributed by atoms with Gasteiger partial charge in [-0.1, -0.05) is 32.6 Å². The van der Waals surface area contributed by atoms with Crippen LogP contribution in [0.1, 0.15) is 51.9 Å². The molecule has 1 N–H and O–H groups in total. The van der Waals surface area contributed by atoms with Gasteiger partial charge in [-0.05, 0) is 41.1 Å². The highest BCUT2D eigenvalue weighted by atomic mass is 79.9. The molecule has 0 saturated heterocycles. The van der Waals surface area contributed by atoms with Crippen LogP contribution < -0.4 is 0 Å². The van der Waals surface area contributed by atoms with E-state index in [4.69, 9.17) is 0 Å². The normalized spacial score (nSPS) is 33.8. The van der Waals surface area contributed by atoms with Crippen molar-refractivity contribution in [3.8, 4) is 0 Å². The summed E-state index contributed by atoms with van der Waals surface area (Å²) in [5.41, 5.74) is -1.84. The molecule has 0 aliphatic heterocycles. The average Bonchev–Trinajstić information content (AvgIpc) is 2.29. The molecule has 0 heterocycles. The summed E-state index contributed by atoms with van der Waals surface area (Å²) >= 11 is 2.31. The van der Waals surface area contributed by atoms with Gasteiger partial charge in [-0.15, -0.1) is 0 Å². The summed E-state index contributed by atoms with van der Waals surface area (Å²) < 4.78 is 26.3. The second-order valence-electron chi connectivity index (χ2n) is 4.61. The molecule has 15 heavy (non-hydrogen) atoms. The van der Waals surface area contributed by atoms with Crippen LogP contribution in [-0.2, 0) is 0 Å². The minimum atomic E-state index is -3.15. The zero-order chi connectivity index (χ0) is 11.5. The van der Waals surface area contributed by atoms with Crippen LogP contribution in [0.5, 0.6) is 0 Å². The second-order valence-corrected chi connectivity index (χ2v) is 5.61. The van der Waals surface area contributed by atoms with E-state index in [1.165, 1.54) is 0 Å². The molecule has 1 aliphatic rings. The van der Waals surface area contributed by atoms with Crippen molar-refractivity contribution in [2.45, 2.75) is 62.3 Å². The fraction of sp³-hybridized carbons (Fsp3) is 1.00. The maximum atomic E-state index is 13.2. The number of halogens is 3. The first-order chi connectivity index (χ1) is 6.89. The van der Waals surface area contributed by atoms with Crippen LogP contribution in [0.2, 0.25) is 0 Å². The highest BCUT2D eigenvalue weighted by Gasteiger charge is 2.50. The van der Waals surface area contributed by atoms with Crippen molar-refractivity contribution in [1.29, 1.82) is 0 Å². The third-order valence-electron chi connectivity index (χ3n) is 3.39. The maximum absolute atomic E-state index is 13.2. The van der Waals surface area contributed by atoms with E-state index in [0.29, 0.717) is 18.8 Å². The lowest BCUT2D eigenvalue weighted by molar-refractivity contribution is -0.124. The molecule has 1 aliphatic carbocycles. The van der Waals surface area contributed by atoms with Gasteiger partial charge in [0.2, 0.25) is 0 Å². The summed E-state index contributed by atoms with van der Waals surface area (Å²) in [6, 6.07) is 0. The lowest BCUT2D eigenvalue weighted by atomic mass is 9.92. The first-order valence-corrected chi connectivity index (χ1v) is 6.47. The number of hydrogen-bond donors (Lipinski definition) is 1. The van der Waals surface area contributed by atoms with Crippen molar-refractivity contribution < 1.29 is 13.9 Å². The summed E-state index contributed by atoms with van der Waals surface area (Å²) in [5, 5.41) is 9.88. The molecule has 0 aromatic rings.